The van der Waals surface area contributed by atoms with Crippen LogP contribution in [0.3, 0.4) is 0 Å². The fourth-order valence-electron chi connectivity index (χ4n) is 3.34. The molecule has 0 bridgehead atoms. The zero-order chi connectivity index (χ0) is 22.4. The highest BCUT2D eigenvalue weighted by Crippen LogP contribution is 2.29. The number of amides is 2. The number of benzene rings is 2. The van der Waals surface area contributed by atoms with Crippen molar-refractivity contribution in [2.45, 2.75) is 18.2 Å². The van der Waals surface area contributed by atoms with E-state index in [1.165, 1.54) is 0 Å². The normalized spacial score (nSPS) is 13.9. The molecule has 0 fully saturated rings. The van der Waals surface area contributed by atoms with E-state index in [9.17, 15) is 13.2 Å². The lowest BCUT2D eigenvalue weighted by Gasteiger charge is -2.17. The summed E-state index contributed by atoms with van der Waals surface area (Å²) in [5.41, 5.74) is 2.83. The Morgan fingerprint density at radius 2 is 1.77 bits per heavy atom. The van der Waals surface area contributed by atoms with E-state index in [4.69, 9.17) is 0 Å². The third-order valence-electron chi connectivity index (χ3n) is 4.87. The van der Waals surface area contributed by atoms with E-state index >= 15 is 0 Å². The average Bonchev–Trinajstić information content (AvgIpc) is 2.94. The first-order chi connectivity index (χ1) is 14.8. The van der Waals surface area contributed by atoms with Crippen LogP contribution in [0.4, 0.5) is 10.5 Å². The number of carbonyl (C=O) groups excluding carboxylic acids is 1. The van der Waals surface area contributed by atoms with Gasteiger partial charge in [-0.2, -0.15) is 0 Å². The number of nitrogens with zero attached hydrogens (tertiary/aromatic N) is 1. The van der Waals surface area contributed by atoms with Gasteiger partial charge in [-0.05, 0) is 25.1 Å². The highest BCUT2D eigenvalue weighted by molar-refractivity contribution is 7.89. The van der Waals surface area contributed by atoms with Gasteiger partial charge >= 0.3 is 6.03 Å². The summed E-state index contributed by atoms with van der Waals surface area (Å²) in [5, 5.41) is 6.98. The number of hydrogen-bond donors (Lipinski definition) is 3. The van der Waals surface area contributed by atoms with Crippen molar-refractivity contribution >= 4 is 32.5 Å². The molecular weight excluding hydrogens is 412 g/mol. The third kappa shape index (κ3) is 5.74. The first kappa shape index (κ1) is 22.6. The number of anilines is 1. The minimum absolute atomic E-state index is 0.0808. The largest absolute Gasteiger partial charge is 0.377 e. The third-order valence-corrected chi connectivity index (χ3v) is 6.39. The minimum atomic E-state index is -3.73. The van der Waals surface area contributed by atoms with Crippen LogP contribution >= 0.6 is 0 Å². The highest BCUT2D eigenvalue weighted by atomic mass is 32.2. The molecule has 8 heteroatoms. The number of rotatable bonds is 7. The van der Waals surface area contributed by atoms with E-state index in [0.717, 1.165) is 22.3 Å². The Labute approximate surface area is 183 Å². The number of urea groups is 1. The van der Waals surface area contributed by atoms with Crippen LogP contribution in [-0.4, -0.2) is 41.6 Å². The Morgan fingerprint density at radius 1 is 1.03 bits per heavy atom. The molecule has 2 amide bonds. The molecule has 1 aliphatic rings. The Morgan fingerprint density at radius 3 is 2.55 bits per heavy atom. The number of fused-ring (bicyclic) bond motifs is 1. The van der Waals surface area contributed by atoms with Crippen molar-refractivity contribution < 1.29 is 13.2 Å². The fourth-order valence-corrected chi connectivity index (χ4v) is 4.59. The Bertz CT molecular complexity index is 1160. The van der Waals surface area contributed by atoms with Crippen LogP contribution in [0.2, 0.25) is 0 Å². The van der Waals surface area contributed by atoms with E-state index in [1.54, 1.807) is 18.2 Å². The van der Waals surface area contributed by atoms with Gasteiger partial charge in [0, 0.05) is 55.8 Å². The summed E-state index contributed by atoms with van der Waals surface area (Å²) in [4.78, 5) is 14.3. The molecule has 2 aromatic rings. The van der Waals surface area contributed by atoms with Gasteiger partial charge in [0.15, 0.2) is 0 Å². The molecule has 0 aromatic heterocycles. The lowest BCUT2D eigenvalue weighted by molar-refractivity contribution is 0.243. The summed E-state index contributed by atoms with van der Waals surface area (Å²) in [5.74, 6) is 0. The van der Waals surface area contributed by atoms with Crippen LogP contribution in [0, 0.1) is 0 Å². The van der Waals surface area contributed by atoms with Gasteiger partial charge in [0.05, 0.1) is 4.90 Å². The van der Waals surface area contributed by atoms with Crippen LogP contribution in [-0.2, 0) is 10.0 Å². The van der Waals surface area contributed by atoms with E-state index in [0.29, 0.717) is 11.8 Å². The zero-order valence-electron chi connectivity index (χ0n) is 18.0. The predicted octanol–water partition coefficient (Wildman–Crippen LogP) is 3.27. The smallest absolute Gasteiger partial charge is 0.319 e. The second-order valence-electron chi connectivity index (χ2n) is 7.51. The van der Waals surface area contributed by atoms with Crippen molar-refractivity contribution in [1.29, 1.82) is 0 Å². The second kappa shape index (κ2) is 9.80. The quantitative estimate of drug-likeness (QED) is 0.577. The van der Waals surface area contributed by atoms with Gasteiger partial charge in [-0.3, -0.25) is 0 Å². The van der Waals surface area contributed by atoms with Crippen molar-refractivity contribution in [1.82, 2.24) is 15.4 Å². The summed E-state index contributed by atoms with van der Waals surface area (Å²) in [7, 11) is 0.107. The number of allylic oxidation sites excluding steroid dienone is 5. The topological polar surface area (TPSA) is 90.5 Å². The molecule has 0 aliphatic heterocycles. The summed E-state index contributed by atoms with van der Waals surface area (Å²) in [6.45, 7) is 2.23. The lowest BCUT2D eigenvalue weighted by atomic mass is 10.1. The van der Waals surface area contributed by atoms with Crippen molar-refractivity contribution in [3.63, 3.8) is 0 Å². The second-order valence-corrected chi connectivity index (χ2v) is 9.25. The molecule has 0 saturated carbocycles. The highest BCUT2D eigenvalue weighted by Gasteiger charge is 2.18. The molecule has 1 aliphatic carbocycles. The molecule has 2 aromatic carbocycles. The Kier molecular flexibility index (Phi) is 7.14. The van der Waals surface area contributed by atoms with Crippen LogP contribution < -0.4 is 20.3 Å². The summed E-state index contributed by atoms with van der Waals surface area (Å²) in [6, 6.07) is 10.5. The van der Waals surface area contributed by atoms with Gasteiger partial charge in [0.2, 0.25) is 10.0 Å². The SMILES string of the molecule is CC1=CC=C(NC(=O)NCCNS(=O)(=O)c2cccc3c(N(C)C)cccc23)CC=C1. The van der Waals surface area contributed by atoms with E-state index in [-0.39, 0.29) is 24.0 Å². The number of sulfonamides is 1. The molecule has 31 heavy (non-hydrogen) atoms. The average molecular weight is 441 g/mol. The standard InChI is InChI=1S/C23H28N4O3S/c1-17-7-4-8-18(14-13-17)26-23(28)24-15-16-25-31(29,30)22-12-6-9-19-20(22)10-5-11-21(19)27(2)3/h4-7,9-14,25H,8,15-16H2,1-3H3,(H2,24,26,28). The molecular formula is C23H28N4O3S. The van der Waals surface area contributed by atoms with E-state index in [2.05, 4.69) is 15.4 Å². The molecule has 164 valence electrons. The maximum Gasteiger partial charge on any atom is 0.319 e. The van der Waals surface area contributed by atoms with Gasteiger partial charge in [0.1, 0.15) is 0 Å². The molecule has 7 nitrogen and oxygen atoms in total. The molecule has 3 rings (SSSR count). The van der Waals surface area contributed by atoms with Crippen LogP contribution in [0.5, 0.6) is 0 Å². The lowest BCUT2D eigenvalue weighted by Crippen LogP contribution is -2.39. The minimum Gasteiger partial charge on any atom is -0.377 e. The first-order valence-electron chi connectivity index (χ1n) is 10.1. The maximum absolute atomic E-state index is 12.9. The van der Waals surface area contributed by atoms with Crippen molar-refractivity contribution in [2.24, 2.45) is 0 Å². The van der Waals surface area contributed by atoms with Gasteiger partial charge in [0.25, 0.3) is 0 Å². The van der Waals surface area contributed by atoms with Gasteiger partial charge in [-0.15, -0.1) is 0 Å². The molecule has 0 atom stereocenters. The van der Waals surface area contributed by atoms with Crippen molar-refractivity contribution in [3.05, 3.63) is 72.0 Å². The molecule has 0 unspecified atom stereocenters. The Hall–Kier alpha value is -3.10. The number of carbonyl (C=O) groups is 1. The van der Waals surface area contributed by atoms with Crippen LogP contribution in [0.15, 0.2) is 76.9 Å². The van der Waals surface area contributed by atoms with Gasteiger partial charge in [-0.25, -0.2) is 17.9 Å². The molecule has 0 saturated heterocycles. The monoisotopic (exact) mass is 440 g/mol. The number of hydrogen-bond acceptors (Lipinski definition) is 4. The van der Waals surface area contributed by atoms with E-state index < -0.39 is 10.0 Å². The summed E-state index contributed by atoms with van der Waals surface area (Å²) < 4.78 is 28.3. The van der Waals surface area contributed by atoms with Crippen LogP contribution in [0.1, 0.15) is 13.3 Å². The number of nitrogens with one attached hydrogen (secondary N) is 3. The summed E-state index contributed by atoms with van der Waals surface area (Å²) in [6.07, 6.45) is 8.39. The van der Waals surface area contributed by atoms with E-state index in [1.807, 2.05) is 68.4 Å². The molecule has 0 radical (unpaired) electrons. The molecule has 0 heterocycles. The summed E-state index contributed by atoms with van der Waals surface area (Å²) >= 11 is 0. The first-order valence-corrected chi connectivity index (χ1v) is 11.5. The molecule has 3 N–H and O–H groups in total. The van der Waals surface area contributed by atoms with Gasteiger partial charge in [-0.1, -0.05) is 48.1 Å². The van der Waals surface area contributed by atoms with Crippen molar-refractivity contribution in [3.8, 4) is 0 Å². The van der Waals surface area contributed by atoms with Gasteiger partial charge < -0.3 is 15.5 Å². The fraction of sp³-hybridized carbons (Fsp3) is 0.261. The predicted molar refractivity (Wildman–Crippen MR) is 126 cm³/mol. The zero-order valence-corrected chi connectivity index (χ0v) is 18.8. The Balaban J connectivity index is 1.60. The van der Waals surface area contributed by atoms with Crippen LogP contribution in [0.25, 0.3) is 10.8 Å². The maximum atomic E-state index is 12.9. The molecule has 0 spiro atoms. The van der Waals surface area contributed by atoms with Crippen molar-refractivity contribution in [2.75, 3.05) is 32.1 Å².